The molecule has 18 heavy (non-hydrogen) atoms. The number of aromatic nitrogens is 1. The molecule has 98 valence electrons. The third kappa shape index (κ3) is 4.45. The van der Waals surface area contributed by atoms with Crippen LogP contribution in [-0.4, -0.2) is 30.0 Å². The van der Waals surface area contributed by atoms with E-state index in [0.717, 1.165) is 25.2 Å². The summed E-state index contributed by atoms with van der Waals surface area (Å²) in [6.07, 6.45) is 6.54. The van der Waals surface area contributed by atoms with Gasteiger partial charge in [0, 0.05) is 30.9 Å². The predicted octanol–water partition coefficient (Wildman–Crippen LogP) is 1.27. The van der Waals surface area contributed by atoms with Crippen LogP contribution < -0.4 is 10.6 Å². The van der Waals surface area contributed by atoms with E-state index in [0.29, 0.717) is 18.9 Å². The van der Waals surface area contributed by atoms with E-state index in [1.165, 1.54) is 12.8 Å². The summed E-state index contributed by atoms with van der Waals surface area (Å²) in [5, 5.41) is 6.40. The number of aryl methyl sites for hydroxylation is 1. The van der Waals surface area contributed by atoms with Crippen LogP contribution in [0.4, 0.5) is 0 Å². The first-order valence-corrected chi connectivity index (χ1v) is 6.74. The summed E-state index contributed by atoms with van der Waals surface area (Å²) < 4.78 is 0. The maximum atomic E-state index is 11.6. The van der Waals surface area contributed by atoms with E-state index in [-0.39, 0.29) is 5.91 Å². The van der Waals surface area contributed by atoms with Crippen LogP contribution in [0.25, 0.3) is 0 Å². The van der Waals surface area contributed by atoms with Crippen LogP contribution in [0.1, 0.15) is 31.4 Å². The molecule has 0 unspecified atom stereocenters. The van der Waals surface area contributed by atoms with Crippen molar-refractivity contribution in [1.82, 2.24) is 15.6 Å². The second-order valence-electron chi connectivity index (χ2n) is 4.75. The zero-order valence-corrected chi connectivity index (χ0v) is 10.7. The number of amides is 1. The minimum atomic E-state index is 0.124. The molecule has 4 heteroatoms. The van der Waals surface area contributed by atoms with E-state index in [2.05, 4.69) is 15.6 Å². The average molecular weight is 247 g/mol. The van der Waals surface area contributed by atoms with E-state index in [9.17, 15) is 4.79 Å². The molecule has 2 rings (SSSR count). The first-order valence-electron chi connectivity index (χ1n) is 6.74. The Labute approximate surface area is 108 Å². The molecule has 1 aromatic rings. The fourth-order valence-corrected chi connectivity index (χ4v) is 2.26. The minimum absolute atomic E-state index is 0.124. The number of rotatable bonds is 6. The Morgan fingerprint density at radius 3 is 3.17 bits per heavy atom. The molecule has 1 amide bonds. The van der Waals surface area contributed by atoms with Gasteiger partial charge in [-0.2, -0.15) is 0 Å². The Kier molecular flexibility index (Phi) is 5.15. The van der Waals surface area contributed by atoms with Gasteiger partial charge in [-0.25, -0.2) is 0 Å². The lowest BCUT2D eigenvalue weighted by Crippen LogP contribution is -2.30. The molecule has 1 aliphatic rings. The molecule has 0 spiro atoms. The highest BCUT2D eigenvalue weighted by atomic mass is 16.1. The van der Waals surface area contributed by atoms with Crippen molar-refractivity contribution in [3.63, 3.8) is 0 Å². The number of pyridine rings is 1. The summed E-state index contributed by atoms with van der Waals surface area (Å²) in [6.45, 7) is 1.90. The van der Waals surface area contributed by atoms with Crippen molar-refractivity contribution in [3.05, 3.63) is 30.1 Å². The SMILES string of the molecule is O=C(CCc1ccccn1)NCC[C@H]1CCCN1. The fourth-order valence-electron chi connectivity index (χ4n) is 2.26. The Morgan fingerprint density at radius 1 is 1.50 bits per heavy atom. The number of nitrogens with one attached hydrogen (secondary N) is 2. The maximum Gasteiger partial charge on any atom is 0.220 e. The van der Waals surface area contributed by atoms with Crippen LogP contribution >= 0.6 is 0 Å². The van der Waals surface area contributed by atoms with Gasteiger partial charge < -0.3 is 10.6 Å². The molecule has 1 atom stereocenters. The molecule has 0 aromatic carbocycles. The molecule has 0 saturated carbocycles. The van der Waals surface area contributed by atoms with Gasteiger partial charge in [-0.15, -0.1) is 0 Å². The summed E-state index contributed by atoms with van der Waals surface area (Å²) in [4.78, 5) is 15.8. The van der Waals surface area contributed by atoms with Gasteiger partial charge >= 0.3 is 0 Å². The van der Waals surface area contributed by atoms with Crippen LogP contribution in [0, 0.1) is 0 Å². The van der Waals surface area contributed by atoms with Gasteiger partial charge in [0.15, 0.2) is 0 Å². The smallest absolute Gasteiger partial charge is 0.220 e. The molecule has 0 bridgehead atoms. The largest absolute Gasteiger partial charge is 0.356 e. The zero-order chi connectivity index (χ0) is 12.6. The molecule has 1 aromatic heterocycles. The van der Waals surface area contributed by atoms with Crippen molar-refractivity contribution in [2.24, 2.45) is 0 Å². The summed E-state index contributed by atoms with van der Waals surface area (Å²) in [5.74, 6) is 0.124. The molecular formula is C14H21N3O. The van der Waals surface area contributed by atoms with Crippen molar-refractivity contribution in [2.45, 2.75) is 38.1 Å². The maximum absolute atomic E-state index is 11.6. The lowest BCUT2D eigenvalue weighted by Gasteiger charge is -2.10. The third-order valence-corrected chi connectivity index (χ3v) is 3.31. The molecular weight excluding hydrogens is 226 g/mol. The molecule has 1 fully saturated rings. The van der Waals surface area contributed by atoms with Crippen molar-refractivity contribution in [1.29, 1.82) is 0 Å². The van der Waals surface area contributed by atoms with E-state index in [1.54, 1.807) is 6.20 Å². The van der Waals surface area contributed by atoms with Gasteiger partial charge in [0.2, 0.25) is 5.91 Å². The number of carbonyl (C=O) groups is 1. The van der Waals surface area contributed by atoms with E-state index < -0.39 is 0 Å². The fraction of sp³-hybridized carbons (Fsp3) is 0.571. The van der Waals surface area contributed by atoms with Gasteiger partial charge in [0.25, 0.3) is 0 Å². The van der Waals surface area contributed by atoms with E-state index >= 15 is 0 Å². The van der Waals surface area contributed by atoms with Crippen LogP contribution in [0.3, 0.4) is 0 Å². The van der Waals surface area contributed by atoms with Gasteiger partial charge in [0.1, 0.15) is 0 Å². The summed E-state index contributed by atoms with van der Waals surface area (Å²) in [6, 6.07) is 6.39. The van der Waals surface area contributed by atoms with Crippen LogP contribution in [-0.2, 0) is 11.2 Å². The highest BCUT2D eigenvalue weighted by molar-refractivity contribution is 5.76. The molecule has 0 aliphatic carbocycles. The third-order valence-electron chi connectivity index (χ3n) is 3.31. The monoisotopic (exact) mass is 247 g/mol. The lowest BCUT2D eigenvalue weighted by atomic mass is 10.1. The van der Waals surface area contributed by atoms with Crippen molar-refractivity contribution in [2.75, 3.05) is 13.1 Å². The summed E-state index contributed by atoms with van der Waals surface area (Å²) >= 11 is 0. The van der Waals surface area contributed by atoms with E-state index in [1.807, 2.05) is 18.2 Å². The highest BCUT2D eigenvalue weighted by Gasteiger charge is 2.13. The Bertz CT molecular complexity index is 361. The first kappa shape index (κ1) is 13.0. The Morgan fingerprint density at radius 2 is 2.44 bits per heavy atom. The van der Waals surface area contributed by atoms with Gasteiger partial charge in [-0.1, -0.05) is 6.07 Å². The number of hydrogen-bond acceptors (Lipinski definition) is 3. The van der Waals surface area contributed by atoms with Crippen molar-refractivity contribution >= 4 is 5.91 Å². The standard InChI is InChI=1S/C14H21N3O/c18-14(7-6-12-4-1-2-9-15-12)17-11-8-13-5-3-10-16-13/h1-2,4,9,13,16H,3,5-8,10-11H2,(H,17,18)/t13-/m1/s1. The quantitative estimate of drug-likeness (QED) is 0.796. The van der Waals surface area contributed by atoms with Gasteiger partial charge in [0.05, 0.1) is 0 Å². The first-order chi connectivity index (χ1) is 8.84. The molecule has 2 heterocycles. The molecule has 1 aliphatic heterocycles. The Hall–Kier alpha value is -1.42. The molecule has 2 N–H and O–H groups in total. The van der Waals surface area contributed by atoms with Gasteiger partial charge in [-0.3, -0.25) is 9.78 Å². The second-order valence-corrected chi connectivity index (χ2v) is 4.75. The van der Waals surface area contributed by atoms with Gasteiger partial charge in [-0.05, 0) is 44.4 Å². The van der Waals surface area contributed by atoms with E-state index in [4.69, 9.17) is 0 Å². The van der Waals surface area contributed by atoms with Crippen LogP contribution in [0.15, 0.2) is 24.4 Å². The normalized spacial score (nSPS) is 18.8. The van der Waals surface area contributed by atoms with Crippen LogP contribution in [0.5, 0.6) is 0 Å². The Balaban J connectivity index is 1.57. The molecule has 4 nitrogen and oxygen atoms in total. The minimum Gasteiger partial charge on any atom is -0.356 e. The highest BCUT2D eigenvalue weighted by Crippen LogP contribution is 2.07. The topological polar surface area (TPSA) is 54.0 Å². The number of carbonyl (C=O) groups excluding carboxylic acids is 1. The predicted molar refractivity (Wildman–Crippen MR) is 71.2 cm³/mol. The lowest BCUT2D eigenvalue weighted by molar-refractivity contribution is -0.121. The average Bonchev–Trinajstić information content (AvgIpc) is 2.91. The molecule has 0 radical (unpaired) electrons. The zero-order valence-electron chi connectivity index (χ0n) is 10.7. The van der Waals surface area contributed by atoms with Crippen molar-refractivity contribution < 1.29 is 4.79 Å². The number of nitrogens with zero attached hydrogens (tertiary/aromatic N) is 1. The summed E-state index contributed by atoms with van der Waals surface area (Å²) in [5.41, 5.74) is 0.977. The molecule has 1 saturated heterocycles. The van der Waals surface area contributed by atoms with Crippen LogP contribution in [0.2, 0.25) is 0 Å². The summed E-state index contributed by atoms with van der Waals surface area (Å²) in [7, 11) is 0. The second kappa shape index (κ2) is 7.11. The number of hydrogen-bond donors (Lipinski definition) is 2. The van der Waals surface area contributed by atoms with Crippen molar-refractivity contribution in [3.8, 4) is 0 Å².